The van der Waals surface area contributed by atoms with Gasteiger partial charge in [-0.1, -0.05) is 31.7 Å². The summed E-state index contributed by atoms with van der Waals surface area (Å²) < 4.78 is 0. The van der Waals surface area contributed by atoms with E-state index < -0.39 is 0 Å². The van der Waals surface area contributed by atoms with Crippen molar-refractivity contribution in [2.75, 3.05) is 12.3 Å². The van der Waals surface area contributed by atoms with Gasteiger partial charge in [-0.25, -0.2) is 0 Å². The number of rotatable bonds is 5. The second kappa shape index (κ2) is 7.30. The van der Waals surface area contributed by atoms with Crippen LogP contribution in [-0.2, 0) is 4.79 Å². The summed E-state index contributed by atoms with van der Waals surface area (Å²) in [6.45, 7) is 0.905. The molecule has 1 atom stereocenters. The minimum atomic E-state index is 0.170. The lowest BCUT2D eigenvalue weighted by Gasteiger charge is -2.35. The third kappa shape index (κ3) is 3.79. The molecule has 1 saturated heterocycles. The minimum Gasteiger partial charge on any atom is -0.326 e. The van der Waals surface area contributed by atoms with E-state index in [2.05, 4.69) is 16.0 Å². The molecular weight excluding hydrogens is 280 g/mol. The quantitative estimate of drug-likeness (QED) is 0.824. The molecular formula is C17H24N2OS. The molecule has 0 aromatic carbocycles. The second-order valence-electron chi connectivity index (χ2n) is 6.14. The van der Waals surface area contributed by atoms with Crippen LogP contribution in [0.4, 0.5) is 0 Å². The zero-order valence-corrected chi connectivity index (χ0v) is 13.4. The molecule has 4 heteroatoms. The van der Waals surface area contributed by atoms with Gasteiger partial charge in [0.05, 0.1) is 0 Å². The highest BCUT2D eigenvalue weighted by Gasteiger charge is 2.29. The summed E-state index contributed by atoms with van der Waals surface area (Å²) in [5, 5.41) is 0.170. The zero-order valence-electron chi connectivity index (χ0n) is 12.5. The van der Waals surface area contributed by atoms with Gasteiger partial charge in [0.1, 0.15) is 5.37 Å². The largest absolute Gasteiger partial charge is 0.326 e. The van der Waals surface area contributed by atoms with Gasteiger partial charge in [-0.2, -0.15) is 0 Å². The Morgan fingerprint density at radius 2 is 2.19 bits per heavy atom. The minimum absolute atomic E-state index is 0.170. The van der Waals surface area contributed by atoms with E-state index in [4.69, 9.17) is 0 Å². The normalized spacial score (nSPS) is 23.7. The number of amides is 1. The second-order valence-corrected chi connectivity index (χ2v) is 7.33. The molecule has 0 spiro atoms. The Labute approximate surface area is 131 Å². The van der Waals surface area contributed by atoms with Crippen LogP contribution in [0.2, 0.25) is 0 Å². The van der Waals surface area contributed by atoms with Crippen LogP contribution in [0.25, 0.3) is 0 Å². The van der Waals surface area contributed by atoms with Crippen LogP contribution in [0, 0.1) is 5.92 Å². The molecule has 1 aliphatic carbocycles. The Balaban J connectivity index is 1.60. The molecule has 114 valence electrons. The Kier molecular flexibility index (Phi) is 5.17. The van der Waals surface area contributed by atoms with Crippen molar-refractivity contribution in [3.63, 3.8) is 0 Å². The van der Waals surface area contributed by atoms with Crippen molar-refractivity contribution in [3.05, 3.63) is 30.1 Å². The number of hydrogen-bond acceptors (Lipinski definition) is 3. The first-order valence-electron chi connectivity index (χ1n) is 8.15. The van der Waals surface area contributed by atoms with Gasteiger partial charge in [0.25, 0.3) is 0 Å². The van der Waals surface area contributed by atoms with Crippen molar-refractivity contribution < 1.29 is 4.79 Å². The lowest BCUT2D eigenvalue weighted by atomic mass is 10.0. The molecule has 3 rings (SSSR count). The van der Waals surface area contributed by atoms with Gasteiger partial charge in [0.15, 0.2) is 0 Å². The summed E-state index contributed by atoms with van der Waals surface area (Å²) in [5.74, 6) is 2.15. The van der Waals surface area contributed by atoms with Crippen molar-refractivity contribution in [2.24, 2.45) is 5.92 Å². The predicted molar refractivity (Wildman–Crippen MR) is 87.0 cm³/mol. The smallest absolute Gasteiger partial charge is 0.224 e. The molecule has 3 nitrogen and oxygen atoms in total. The third-order valence-electron chi connectivity index (χ3n) is 4.65. The lowest BCUT2D eigenvalue weighted by Crippen LogP contribution is -2.38. The number of hydrogen-bond donors (Lipinski definition) is 0. The molecule has 0 N–H and O–H groups in total. The molecule has 2 aliphatic rings. The maximum Gasteiger partial charge on any atom is 0.224 e. The van der Waals surface area contributed by atoms with E-state index in [1.54, 1.807) is 6.20 Å². The van der Waals surface area contributed by atoms with Crippen molar-refractivity contribution in [1.29, 1.82) is 0 Å². The monoisotopic (exact) mass is 304 g/mol. The topological polar surface area (TPSA) is 33.2 Å². The van der Waals surface area contributed by atoms with E-state index in [0.29, 0.717) is 12.3 Å². The van der Waals surface area contributed by atoms with Crippen molar-refractivity contribution in [3.8, 4) is 0 Å². The van der Waals surface area contributed by atoms with E-state index in [1.807, 2.05) is 24.0 Å². The van der Waals surface area contributed by atoms with Crippen LogP contribution in [0.15, 0.2) is 24.5 Å². The maximum atomic E-state index is 12.3. The van der Waals surface area contributed by atoms with E-state index in [-0.39, 0.29) is 5.37 Å². The summed E-state index contributed by atoms with van der Waals surface area (Å²) >= 11 is 1.88. The van der Waals surface area contributed by atoms with Crippen molar-refractivity contribution >= 4 is 17.7 Å². The van der Waals surface area contributed by atoms with Gasteiger partial charge in [-0.15, -0.1) is 11.8 Å². The number of aromatic nitrogens is 1. The van der Waals surface area contributed by atoms with E-state index in [9.17, 15) is 4.79 Å². The molecule has 1 amide bonds. The van der Waals surface area contributed by atoms with Crippen molar-refractivity contribution in [2.45, 2.75) is 50.3 Å². The van der Waals surface area contributed by atoms with Gasteiger partial charge in [0, 0.05) is 36.7 Å². The predicted octanol–water partition coefficient (Wildman–Crippen LogP) is 4.02. The Morgan fingerprint density at radius 3 is 2.95 bits per heavy atom. The molecule has 1 aliphatic heterocycles. The van der Waals surface area contributed by atoms with Crippen LogP contribution in [0.1, 0.15) is 55.9 Å². The fourth-order valence-corrected chi connectivity index (χ4v) is 4.76. The molecule has 1 saturated carbocycles. The highest BCUT2D eigenvalue weighted by atomic mass is 32.2. The van der Waals surface area contributed by atoms with Gasteiger partial charge < -0.3 is 4.90 Å². The third-order valence-corrected chi connectivity index (χ3v) is 5.93. The first kappa shape index (κ1) is 14.9. The maximum absolute atomic E-state index is 12.3. The Bertz CT molecular complexity index is 459. The van der Waals surface area contributed by atoms with Crippen LogP contribution >= 0.6 is 11.8 Å². The molecule has 0 radical (unpaired) electrons. The van der Waals surface area contributed by atoms with Crippen LogP contribution in [-0.4, -0.2) is 28.1 Å². The van der Waals surface area contributed by atoms with Gasteiger partial charge in [-0.3, -0.25) is 9.78 Å². The number of pyridine rings is 1. The van der Waals surface area contributed by atoms with E-state index >= 15 is 0 Å². The number of carbonyl (C=O) groups excluding carboxylic acids is 1. The van der Waals surface area contributed by atoms with Crippen LogP contribution in [0.5, 0.6) is 0 Å². The number of nitrogens with zero attached hydrogens (tertiary/aromatic N) is 2. The summed E-state index contributed by atoms with van der Waals surface area (Å²) in [6.07, 6.45) is 12.4. The average molecular weight is 304 g/mol. The highest BCUT2D eigenvalue weighted by molar-refractivity contribution is 7.99. The Hall–Kier alpha value is -1.03. The first-order chi connectivity index (χ1) is 10.3. The Morgan fingerprint density at radius 1 is 1.33 bits per heavy atom. The highest BCUT2D eigenvalue weighted by Crippen LogP contribution is 2.37. The summed E-state index contributed by atoms with van der Waals surface area (Å²) in [5.41, 5.74) is 1.16. The number of thioether (sulfide) groups is 1. The molecule has 0 bridgehead atoms. The molecule has 1 unspecified atom stereocenters. The standard InChI is InChI=1S/C17H24N2OS/c20-16-9-12-21-17(15-8-3-10-18-13-15)19(16)11-4-7-14-5-1-2-6-14/h3,8,10,13-14,17H,1-2,4-7,9,11-12H2. The summed E-state index contributed by atoms with van der Waals surface area (Å²) in [6, 6.07) is 4.05. The van der Waals surface area contributed by atoms with Gasteiger partial charge in [0.2, 0.25) is 5.91 Å². The summed E-state index contributed by atoms with van der Waals surface area (Å²) in [4.78, 5) is 18.6. The molecule has 1 aromatic heterocycles. The van der Waals surface area contributed by atoms with E-state index in [1.165, 1.54) is 32.1 Å². The van der Waals surface area contributed by atoms with Crippen LogP contribution < -0.4 is 0 Å². The SMILES string of the molecule is O=C1CCSC(c2cccnc2)N1CCCC1CCCC1. The zero-order chi connectivity index (χ0) is 14.5. The lowest BCUT2D eigenvalue weighted by molar-refractivity contribution is -0.132. The average Bonchev–Trinajstić information content (AvgIpc) is 3.03. The fraction of sp³-hybridized carbons (Fsp3) is 0.647. The van der Waals surface area contributed by atoms with Crippen molar-refractivity contribution in [1.82, 2.24) is 9.88 Å². The first-order valence-corrected chi connectivity index (χ1v) is 9.20. The molecule has 2 heterocycles. The van der Waals surface area contributed by atoms with Crippen LogP contribution in [0.3, 0.4) is 0 Å². The van der Waals surface area contributed by atoms with E-state index in [0.717, 1.165) is 30.2 Å². The molecule has 21 heavy (non-hydrogen) atoms. The number of carbonyl (C=O) groups is 1. The summed E-state index contributed by atoms with van der Waals surface area (Å²) in [7, 11) is 0. The molecule has 2 fully saturated rings. The van der Waals surface area contributed by atoms with Gasteiger partial charge in [-0.05, 0) is 24.8 Å². The van der Waals surface area contributed by atoms with Gasteiger partial charge >= 0.3 is 0 Å². The fourth-order valence-electron chi connectivity index (χ4n) is 3.51. The molecule has 1 aromatic rings.